The number of rotatable bonds is 7. The summed E-state index contributed by atoms with van der Waals surface area (Å²) in [6.07, 6.45) is 1.27. The van der Waals surface area contributed by atoms with Gasteiger partial charge in [0.05, 0.1) is 10.5 Å². The summed E-state index contributed by atoms with van der Waals surface area (Å²) >= 11 is 9.30. The number of benzene rings is 2. The number of carbonyl (C=O) groups excluding carboxylic acids is 2. The summed E-state index contributed by atoms with van der Waals surface area (Å²) in [5.74, 6) is 0.574. The summed E-state index contributed by atoms with van der Waals surface area (Å²) in [5, 5.41) is 6.43. The molecule has 0 aromatic heterocycles. The molecule has 2 N–H and O–H groups in total. The molecule has 0 heterocycles. The maximum Gasteiger partial charge on any atom is 0.261 e. The van der Waals surface area contributed by atoms with E-state index in [0.29, 0.717) is 15.2 Å². The highest BCUT2D eigenvalue weighted by atomic mass is 79.9. The van der Waals surface area contributed by atoms with Crippen molar-refractivity contribution < 1.29 is 14.3 Å². The molecule has 3 rings (SSSR count). The Morgan fingerprint density at radius 2 is 1.82 bits per heavy atom. The number of hydrogen-bond donors (Lipinski definition) is 2. The van der Waals surface area contributed by atoms with Crippen molar-refractivity contribution in [3.05, 3.63) is 57.5 Å². The standard InChI is InChI=1S/C21H22BrClN2O3/c1-12(14-5-8-17(9-6-14)25-21(27)15-3-4-15)24-20(26)13(2)28-19-10-7-16(23)11-18(19)22/h5-13,15H,3-4H2,1-2H3,(H,24,26)(H,25,27). The van der Waals surface area contributed by atoms with Gasteiger partial charge in [0.2, 0.25) is 5.91 Å². The van der Waals surface area contributed by atoms with Crippen LogP contribution in [0.4, 0.5) is 5.69 Å². The highest BCUT2D eigenvalue weighted by molar-refractivity contribution is 9.10. The lowest BCUT2D eigenvalue weighted by Gasteiger charge is -2.20. The molecule has 5 nitrogen and oxygen atoms in total. The molecule has 0 aliphatic heterocycles. The van der Waals surface area contributed by atoms with Crippen LogP contribution in [0.3, 0.4) is 0 Å². The van der Waals surface area contributed by atoms with E-state index in [1.54, 1.807) is 25.1 Å². The van der Waals surface area contributed by atoms with Gasteiger partial charge in [-0.3, -0.25) is 9.59 Å². The Bertz CT molecular complexity index is 868. The third-order valence-corrected chi connectivity index (χ3v) is 5.41. The van der Waals surface area contributed by atoms with Crippen LogP contribution in [-0.2, 0) is 9.59 Å². The minimum Gasteiger partial charge on any atom is -0.480 e. The molecule has 1 aliphatic rings. The van der Waals surface area contributed by atoms with Crippen LogP contribution < -0.4 is 15.4 Å². The largest absolute Gasteiger partial charge is 0.480 e. The van der Waals surface area contributed by atoms with Gasteiger partial charge >= 0.3 is 0 Å². The van der Waals surface area contributed by atoms with Crippen LogP contribution in [0.2, 0.25) is 5.02 Å². The van der Waals surface area contributed by atoms with Crippen molar-refractivity contribution in [3.63, 3.8) is 0 Å². The van der Waals surface area contributed by atoms with Crippen molar-refractivity contribution in [1.82, 2.24) is 5.32 Å². The lowest BCUT2D eigenvalue weighted by molar-refractivity contribution is -0.128. The van der Waals surface area contributed by atoms with Gasteiger partial charge in [-0.1, -0.05) is 23.7 Å². The van der Waals surface area contributed by atoms with Crippen molar-refractivity contribution in [2.45, 2.75) is 38.8 Å². The first-order chi connectivity index (χ1) is 13.3. The van der Waals surface area contributed by atoms with E-state index < -0.39 is 6.10 Å². The molecular weight excluding hydrogens is 444 g/mol. The SMILES string of the molecule is CC(Oc1ccc(Cl)cc1Br)C(=O)NC(C)c1ccc(NC(=O)C2CC2)cc1. The second-order valence-corrected chi connectivity index (χ2v) is 8.24. The molecule has 2 amide bonds. The van der Waals surface area contributed by atoms with Gasteiger partial charge in [0.25, 0.3) is 5.91 Å². The van der Waals surface area contributed by atoms with Crippen LogP contribution in [0.25, 0.3) is 0 Å². The second-order valence-electron chi connectivity index (χ2n) is 6.95. The highest BCUT2D eigenvalue weighted by Gasteiger charge is 2.29. The van der Waals surface area contributed by atoms with Gasteiger partial charge in [0.15, 0.2) is 6.10 Å². The van der Waals surface area contributed by atoms with E-state index in [1.165, 1.54) is 0 Å². The number of nitrogens with one attached hydrogen (secondary N) is 2. The normalized spacial score (nSPS) is 15.4. The van der Waals surface area contributed by atoms with Crippen molar-refractivity contribution in [1.29, 1.82) is 0 Å². The summed E-state index contributed by atoms with van der Waals surface area (Å²) in [5.41, 5.74) is 1.71. The summed E-state index contributed by atoms with van der Waals surface area (Å²) in [6, 6.07) is 12.4. The minimum atomic E-state index is -0.669. The molecule has 1 saturated carbocycles. The molecular formula is C21H22BrClN2O3. The molecule has 0 spiro atoms. The number of carbonyl (C=O) groups is 2. The fourth-order valence-corrected chi connectivity index (χ4v) is 3.45. The van der Waals surface area contributed by atoms with E-state index in [1.807, 2.05) is 31.2 Å². The first-order valence-electron chi connectivity index (χ1n) is 9.16. The molecule has 2 aromatic carbocycles. The maximum absolute atomic E-state index is 12.5. The van der Waals surface area contributed by atoms with E-state index >= 15 is 0 Å². The molecule has 0 radical (unpaired) electrons. The third kappa shape index (κ3) is 5.49. The molecule has 0 bridgehead atoms. The number of amides is 2. The summed E-state index contributed by atoms with van der Waals surface area (Å²) in [4.78, 5) is 24.3. The van der Waals surface area contributed by atoms with Gasteiger partial charge in [-0.15, -0.1) is 0 Å². The highest BCUT2D eigenvalue weighted by Crippen LogP contribution is 2.30. The average Bonchev–Trinajstić information content (AvgIpc) is 3.49. The fraction of sp³-hybridized carbons (Fsp3) is 0.333. The van der Waals surface area contributed by atoms with Crippen molar-refractivity contribution >= 4 is 45.0 Å². The predicted molar refractivity (Wildman–Crippen MR) is 114 cm³/mol. The van der Waals surface area contributed by atoms with Crippen molar-refractivity contribution in [2.24, 2.45) is 5.92 Å². The van der Waals surface area contributed by atoms with Gasteiger partial charge in [0.1, 0.15) is 5.75 Å². The Balaban J connectivity index is 1.54. The molecule has 1 fully saturated rings. The zero-order valence-electron chi connectivity index (χ0n) is 15.7. The Kier molecular flexibility index (Phi) is 6.62. The lowest BCUT2D eigenvalue weighted by Crippen LogP contribution is -2.37. The topological polar surface area (TPSA) is 67.4 Å². The fourth-order valence-electron chi connectivity index (χ4n) is 2.67. The van der Waals surface area contributed by atoms with E-state index in [9.17, 15) is 9.59 Å². The number of halogens is 2. The summed E-state index contributed by atoms with van der Waals surface area (Å²) in [6.45, 7) is 3.60. The quantitative estimate of drug-likeness (QED) is 0.598. The molecule has 1 aliphatic carbocycles. The first-order valence-corrected chi connectivity index (χ1v) is 10.3. The Labute approximate surface area is 177 Å². The monoisotopic (exact) mass is 464 g/mol. The average molecular weight is 466 g/mol. The van der Waals surface area contributed by atoms with Crippen LogP contribution in [0.1, 0.15) is 38.3 Å². The van der Waals surface area contributed by atoms with Crippen LogP contribution in [-0.4, -0.2) is 17.9 Å². The Morgan fingerprint density at radius 3 is 2.43 bits per heavy atom. The minimum absolute atomic E-state index is 0.0773. The van der Waals surface area contributed by atoms with Crippen LogP contribution in [0.15, 0.2) is 46.9 Å². The van der Waals surface area contributed by atoms with Gasteiger partial charge in [-0.05, 0) is 78.5 Å². The predicted octanol–water partition coefficient (Wildman–Crippen LogP) is 5.10. The number of anilines is 1. The summed E-state index contributed by atoms with van der Waals surface area (Å²) in [7, 11) is 0. The summed E-state index contributed by atoms with van der Waals surface area (Å²) < 4.78 is 6.42. The Morgan fingerprint density at radius 1 is 1.14 bits per heavy atom. The zero-order chi connectivity index (χ0) is 20.3. The van der Waals surface area contributed by atoms with Crippen molar-refractivity contribution in [2.75, 3.05) is 5.32 Å². The van der Waals surface area contributed by atoms with Gasteiger partial charge < -0.3 is 15.4 Å². The number of hydrogen-bond acceptors (Lipinski definition) is 3. The van der Waals surface area contributed by atoms with Crippen LogP contribution in [0, 0.1) is 5.92 Å². The number of ether oxygens (including phenoxy) is 1. The molecule has 7 heteroatoms. The van der Waals surface area contributed by atoms with Gasteiger partial charge in [-0.2, -0.15) is 0 Å². The molecule has 28 heavy (non-hydrogen) atoms. The van der Waals surface area contributed by atoms with E-state index in [-0.39, 0.29) is 23.8 Å². The molecule has 2 unspecified atom stereocenters. The molecule has 0 saturated heterocycles. The second kappa shape index (κ2) is 8.97. The third-order valence-electron chi connectivity index (χ3n) is 4.55. The molecule has 2 atom stereocenters. The maximum atomic E-state index is 12.5. The zero-order valence-corrected chi connectivity index (χ0v) is 18.0. The van der Waals surface area contributed by atoms with Gasteiger partial charge in [0, 0.05) is 16.6 Å². The first kappa shape index (κ1) is 20.7. The van der Waals surface area contributed by atoms with Crippen LogP contribution in [0.5, 0.6) is 5.75 Å². The van der Waals surface area contributed by atoms with Crippen molar-refractivity contribution in [3.8, 4) is 5.75 Å². The smallest absolute Gasteiger partial charge is 0.261 e. The Hall–Kier alpha value is -2.05. The van der Waals surface area contributed by atoms with E-state index in [0.717, 1.165) is 24.1 Å². The molecule has 2 aromatic rings. The van der Waals surface area contributed by atoms with Crippen LogP contribution >= 0.6 is 27.5 Å². The molecule has 148 valence electrons. The van der Waals surface area contributed by atoms with E-state index in [4.69, 9.17) is 16.3 Å². The van der Waals surface area contributed by atoms with E-state index in [2.05, 4.69) is 26.6 Å². The lowest BCUT2D eigenvalue weighted by atomic mass is 10.1. The van der Waals surface area contributed by atoms with Gasteiger partial charge in [-0.25, -0.2) is 0 Å².